The Labute approximate surface area is 163 Å². The van der Waals surface area contributed by atoms with Gasteiger partial charge in [-0.25, -0.2) is 0 Å². The first-order valence-electron chi connectivity index (χ1n) is 10.2. The van der Waals surface area contributed by atoms with Crippen LogP contribution in [0.3, 0.4) is 0 Å². The zero-order valence-corrected chi connectivity index (χ0v) is 17.4. The summed E-state index contributed by atoms with van der Waals surface area (Å²) in [5.41, 5.74) is 0. The lowest BCUT2D eigenvalue weighted by Gasteiger charge is -2.33. The van der Waals surface area contributed by atoms with Crippen molar-refractivity contribution in [2.45, 2.75) is 31.7 Å². The average molecular weight is 378 g/mol. The van der Waals surface area contributed by atoms with Crippen molar-refractivity contribution in [2.24, 2.45) is 7.05 Å². The van der Waals surface area contributed by atoms with E-state index >= 15 is 0 Å². The molecule has 2 aliphatic heterocycles. The Hall–Kier alpha value is -1.51. The van der Waals surface area contributed by atoms with Gasteiger partial charge in [0, 0.05) is 39.1 Å². The molecule has 1 amide bonds. The van der Waals surface area contributed by atoms with E-state index in [4.69, 9.17) is 0 Å². The Balaban J connectivity index is 1.59. The van der Waals surface area contributed by atoms with E-state index in [1.165, 1.54) is 0 Å². The van der Waals surface area contributed by atoms with Crippen molar-refractivity contribution < 1.29 is 4.79 Å². The fourth-order valence-corrected chi connectivity index (χ4v) is 4.12. The van der Waals surface area contributed by atoms with Crippen molar-refractivity contribution in [3.05, 3.63) is 11.6 Å². The van der Waals surface area contributed by atoms with E-state index in [2.05, 4.69) is 36.5 Å². The summed E-state index contributed by atoms with van der Waals surface area (Å²) in [4.78, 5) is 21.7. The third-order valence-corrected chi connectivity index (χ3v) is 5.77. The van der Waals surface area contributed by atoms with Gasteiger partial charge in [-0.1, -0.05) is 0 Å². The predicted molar refractivity (Wildman–Crippen MR) is 106 cm³/mol. The van der Waals surface area contributed by atoms with Crippen LogP contribution in [0.15, 0.2) is 0 Å². The molecule has 3 heterocycles. The van der Waals surface area contributed by atoms with E-state index in [-0.39, 0.29) is 11.8 Å². The second kappa shape index (κ2) is 9.12. The SMILES string of the molecule is CN(C)Cc1nnc([C@H]2CCCN(C(=O)CN3CCCN(C)CC3)C2)n1C. The molecule has 0 N–H and O–H groups in total. The molecule has 1 aromatic rings. The first-order valence-corrected chi connectivity index (χ1v) is 10.2. The van der Waals surface area contributed by atoms with Gasteiger partial charge in [-0.05, 0) is 53.5 Å². The number of hydrogen-bond acceptors (Lipinski definition) is 6. The summed E-state index contributed by atoms with van der Waals surface area (Å²) in [6.45, 7) is 7.13. The molecule has 1 aromatic heterocycles. The molecule has 152 valence electrons. The van der Waals surface area contributed by atoms with E-state index in [1.54, 1.807) is 0 Å². The minimum absolute atomic E-state index is 0.264. The number of carbonyl (C=O) groups excluding carboxylic acids is 1. The Morgan fingerprint density at radius 1 is 1.07 bits per heavy atom. The Kier molecular flexibility index (Phi) is 6.83. The number of piperidine rings is 1. The lowest BCUT2D eigenvalue weighted by atomic mass is 9.97. The fraction of sp³-hybridized carbons (Fsp3) is 0.842. The quantitative estimate of drug-likeness (QED) is 0.732. The maximum Gasteiger partial charge on any atom is 0.236 e. The van der Waals surface area contributed by atoms with Crippen molar-refractivity contribution in [2.75, 3.05) is 67.0 Å². The summed E-state index contributed by atoms with van der Waals surface area (Å²) < 4.78 is 2.11. The monoisotopic (exact) mass is 377 g/mol. The minimum atomic E-state index is 0.264. The minimum Gasteiger partial charge on any atom is -0.341 e. The standard InChI is InChI=1S/C19H35N7O/c1-22(2)14-17-20-21-19(24(17)4)16-7-5-10-26(13-16)18(27)15-25-9-6-8-23(3)11-12-25/h16H,5-15H2,1-4H3/t16-/m0/s1. The van der Waals surface area contributed by atoms with Gasteiger partial charge in [-0.2, -0.15) is 0 Å². The Morgan fingerprint density at radius 3 is 2.67 bits per heavy atom. The molecule has 2 fully saturated rings. The Morgan fingerprint density at radius 2 is 1.89 bits per heavy atom. The highest BCUT2D eigenvalue weighted by molar-refractivity contribution is 5.78. The predicted octanol–water partition coefficient (Wildman–Crippen LogP) is 0.220. The number of hydrogen-bond donors (Lipinski definition) is 0. The number of amides is 1. The summed E-state index contributed by atoms with van der Waals surface area (Å²) in [7, 11) is 8.28. The van der Waals surface area contributed by atoms with E-state index in [0.29, 0.717) is 6.54 Å². The largest absolute Gasteiger partial charge is 0.341 e. The van der Waals surface area contributed by atoms with Crippen LogP contribution in [0.4, 0.5) is 0 Å². The van der Waals surface area contributed by atoms with Gasteiger partial charge in [0.2, 0.25) is 5.91 Å². The van der Waals surface area contributed by atoms with Gasteiger partial charge in [-0.15, -0.1) is 10.2 Å². The summed E-state index contributed by atoms with van der Waals surface area (Å²) >= 11 is 0. The molecular weight excluding hydrogens is 342 g/mol. The van der Waals surface area contributed by atoms with Gasteiger partial charge in [0.15, 0.2) is 0 Å². The topological polar surface area (TPSA) is 60.7 Å². The zero-order valence-electron chi connectivity index (χ0n) is 17.4. The number of aromatic nitrogens is 3. The van der Waals surface area contributed by atoms with Gasteiger partial charge in [-0.3, -0.25) is 9.69 Å². The number of likely N-dealkylation sites (N-methyl/N-ethyl adjacent to an activating group) is 1. The van der Waals surface area contributed by atoms with Crippen LogP contribution in [-0.4, -0.2) is 107 Å². The van der Waals surface area contributed by atoms with Gasteiger partial charge >= 0.3 is 0 Å². The Bertz CT molecular complexity index is 630. The number of rotatable bonds is 5. The van der Waals surface area contributed by atoms with E-state index in [1.807, 2.05) is 26.0 Å². The highest BCUT2D eigenvalue weighted by Crippen LogP contribution is 2.26. The van der Waals surface area contributed by atoms with E-state index in [0.717, 1.165) is 76.7 Å². The molecule has 0 aromatic carbocycles. The van der Waals surface area contributed by atoms with E-state index < -0.39 is 0 Å². The summed E-state index contributed by atoms with van der Waals surface area (Å²) in [5.74, 6) is 2.54. The van der Waals surface area contributed by atoms with E-state index in [9.17, 15) is 4.79 Å². The first-order chi connectivity index (χ1) is 12.9. The number of likely N-dealkylation sites (tertiary alicyclic amines) is 1. The molecule has 0 saturated carbocycles. The van der Waals surface area contributed by atoms with Gasteiger partial charge in [0.25, 0.3) is 0 Å². The highest BCUT2D eigenvalue weighted by atomic mass is 16.2. The summed E-state index contributed by atoms with van der Waals surface area (Å²) in [6, 6.07) is 0. The van der Waals surface area contributed by atoms with Crippen LogP contribution in [-0.2, 0) is 18.4 Å². The second-order valence-electron chi connectivity index (χ2n) is 8.38. The molecule has 1 atom stereocenters. The van der Waals surface area contributed by atoms with Crippen LogP contribution in [0.5, 0.6) is 0 Å². The molecule has 0 radical (unpaired) electrons. The highest BCUT2D eigenvalue weighted by Gasteiger charge is 2.29. The van der Waals surface area contributed by atoms with Crippen LogP contribution < -0.4 is 0 Å². The molecule has 0 bridgehead atoms. The van der Waals surface area contributed by atoms with Crippen LogP contribution >= 0.6 is 0 Å². The van der Waals surface area contributed by atoms with Crippen molar-refractivity contribution in [1.29, 1.82) is 0 Å². The maximum atomic E-state index is 12.9. The molecule has 2 aliphatic rings. The molecule has 0 spiro atoms. The average Bonchev–Trinajstić information content (AvgIpc) is 2.86. The first kappa shape index (κ1) is 20.2. The summed E-state index contributed by atoms with van der Waals surface area (Å²) in [5, 5.41) is 8.82. The lowest BCUT2D eigenvalue weighted by molar-refractivity contribution is -0.133. The van der Waals surface area contributed by atoms with Crippen molar-refractivity contribution in [3.8, 4) is 0 Å². The second-order valence-corrected chi connectivity index (χ2v) is 8.38. The van der Waals surface area contributed by atoms with Gasteiger partial charge < -0.3 is 19.3 Å². The van der Waals surface area contributed by atoms with Crippen molar-refractivity contribution >= 4 is 5.91 Å². The smallest absolute Gasteiger partial charge is 0.236 e. The van der Waals surface area contributed by atoms with Crippen LogP contribution in [0.2, 0.25) is 0 Å². The van der Waals surface area contributed by atoms with Crippen molar-refractivity contribution in [3.63, 3.8) is 0 Å². The zero-order chi connectivity index (χ0) is 19.4. The molecule has 2 saturated heterocycles. The van der Waals surface area contributed by atoms with Crippen LogP contribution in [0.1, 0.15) is 36.8 Å². The van der Waals surface area contributed by atoms with Crippen LogP contribution in [0.25, 0.3) is 0 Å². The third-order valence-electron chi connectivity index (χ3n) is 5.77. The molecule has 8 nitrogen and oxygen atoms in total. The van der Waals surface area contributed by atoms with Gasteiger partial charge in [0.05, 0.1) is 13.1 Å². The molecule has 27 heavy (non-hydrogen) atoms. The lowest BCUT2D eigenvalue weighted by Crippen LogP contribution is -2.45. The summed E-state index contributed by atoms with van der Waals surface area (Å²) in [6.07, 6.45) is 3.25. The fourth-order valence-electron chi connectivity index (χ4n) is 4.12. The third kappa shape index (κ3) is 5.27. The van der Waals surface area contributed by atoms with Gasteiger partial charge in [0.1, 0.15) is 11.6 Å². The van der Waals surface area contributed by atoms with Crippen LogP contribution in [0, 0.1) is 0 Å². The number of carbonyl (C=O) groups is 1. The molecule has 8 heteroatoms. The van der Waals surface area contributed by atoms with Crippen molar-refractivity contribution in [1.82, 2.24) is 34.4 Å². The molecule has 0 aliphatic carbocycles. The molecule has 0 unspecified atom stereocenters. The normalized spacial score (nSPS) is 23.0. The molecule has 3 rings (SSSR count). The maximum absolute atomic E-state index is 12.9. The number of nitrogens with zero attached hydrogens (tertiary/aromatic N) is 7. The molecular formula is C19H35N7O.